The number of rotatable bonds is 17. The van der Waals surface area contributed by atoms with Gasteiger partial charge in [-0.3, -0.25) is 4.72 Å². The lowest BCUT2D eigenvalue weighted by atomic mass is 9.96. The van der Waals surface area contributed by atoms with Gasteiger partial charge in [0.15, 0.2) is 0 Å². The van der Waals surface area contributed by atoms with Gasteiger partial charge in [0.25, 0.3) is 19.9 Å². The monoisotopic (exact) mass is 1010 g/mol. The van der Waals surface area contributed by atoms with E-state index in [-0.39, 0.29) is 36.1 Å². The number of aromatic nitrogens is 1. The van der Waals surface area contributed by atoms with Gasteiger partial charge in [0.1, 0.15) is 10.7 Å². The standard InChI is InChI=1S/C48H48ClF4N5O7S3/c1-30(2)58-31(3)44(47(60)61)45(46(58)32-9-11-34(49)12-10-32)33-25-35(50)27-39(26-33)57-22-20-56(21-23-57)38-15-13-36(14-16-38)55-68(64,65)41-17-18-42(43(28-41)67(62,63)48(51,52)53)54-37(19-24-59)29-66-40-7-5-4-6-8-40/h4-18,25-28,30,37,54-55,59H,19-24,29H2,1-3H3,(H,60,61). The molecule has 4 N–H and O–H groups in total. The van der Waals surface area contributed by atoms with Crippen molar-refractivity contribution >= 4 is 71.9 Å². The lowest BCUT2D eigenvalue weighted by Gasteiger charge is -2.37. The van der Waals surface area contributed by atoms with Crippen LogP contribution in [0.2, 0.25) is 5.02 Å². The number of halogens is 5. The van der Waals surface area contributed by atoms with Crippen LogP contribution in [0.25, 0.3) is 22.4 Å². The molecule has 0 aliphatic carbocycles. The van der Waals surface area contributed by atoms with Gasteiger partial charge in [-0.2, -0.15) is 13.2 Å². The van der Waals surface area contributed by atoms with Crippen molar-refractivity contribution in [2.45, 2.75) is 59.5 Å². The van der Waals surface area contributed by atoms with Gasteiger partial charge in [-0.1, -0.05) is 41.9 Å². The number of nitrogens with zero attached hydrogens (tertiary/aromatic N) is 3. The molecule has 0 radical (unpaired) electrons. The topological polar surface area (TPSA) is 161 Å². The molecule has 1 unspecified atom stereocenters. The van der Waals surface area contributed by atoms with E-state index in [1.54, 1.807) is 61.5 Å². The fourth-order valence-corrected chi connectivity index (χ4v) is 11.5. The Bertz CT molecular complexity index is 3000. The van der Waals surface area contributed by atoms with Crippen LogP contribution < -0.4 is 19.8 Å². The Hall–Kier alpha value is -5.73. The van der Waals surface area contributed by atoms with Gasteiger partial charge in [0.05, 0.1) is 21.8 Å². The Morgan fingerprint density at radius 1 is 0.824 bits per heavy atom. The first-order chi connectivity index (χ1) is 32.2. The summed E-state index contributed by atoms with van der Waals surface area (Å²) in [5, 5.41) is 23.4. The van der Waals surface area contributed by atoms with Crippen LogP contribution in [-0.4, -0.2) is 87.7 Å². The zero-order chi connectivity index (χ0) is 49.1. The van der Waals surface area contributed by atoms with E-state index in [0.29, 0.717) is 71.2 Å². The van der Waals surface area contributed by atoms with E-state index < -0.39 is 58.7 Å². The van der Waals surface area contributed by atoms with Crippen molar-refractivity contribution in [1.29, 1.82) is 0 Å². The van der Waals surface area contributed by atoms with Crippen LogP contribution in [0.1, 0.15) is 42.4 Å². The number of sulfonamides is 1. The number of aromatic carboxylic acids is 1. The third kappa shape index (κ3) is 10.9. The molecule has 68 heavy (non-hydrogen) atoms. The molecule has 12 nitrogen and oxygen atoms in total. The lowest BCUT2D eigenvalue weighted by Crippen LogP contribution is -2.46. The number of carboxylic acid groups (broad SMARTS) is 1. The minimum atomic E-state index is -6.05. The highest BCUT2D eigenvalue weighted by Gasteiger charge is 2.48. The Balaban J connectivity index is 1.07. The highest BCUT2D eigenvalue weighted by molar-refractivity contribution is 7.99. The summed E-state index contributed by atoms with van der Waals surface area (Å²) in [5.41, 5.74) is -2.16. The molecule has 1 aromatic heterocycles. The average molecular weight is 1010 g/mol. The molecule has 1 fully saturated rings. The largest absolute Gasteiger partial charge is 0.501 e. The van der Waals surface area contributed by atoms with Crippen molar-refractivity contribution in [3.8, 4) is 22.4 Å². The zero-order valence-electron chi connectivity index (χ0n) is 37.0. The second kappa shape index (κ2) is 20.5. The lowest BCUT2D eigenvalue weighted by molar-refractivity contribution is -0.0436. The number of sulfone groups is 1. The Morgan fingerprint density at radius 3 is 2.04 bits per heavy atom. The summed E-state index contributed by atoms with van der Waals surface area (Å²) in [5.74, 6) is -1.44. The number of thioether (sulfide) groups is 1. The summed E-state index contributed by atoms with van der Waals surface area (Å²) in [6.07, 6.45) is 0.0601. The first-order valence-corrected chi connectivity index (χ1v) is 25.7. The SMILES string of the molecule is Cc1c(C(=O)O)c(-c2cc(F)cc(N3CCN(c4ccc(NS(=O)(=O)c5ccc(NC(CCO)CSc6ccccc6)c(S(=O)(=O)C(F)(F)F)c5)cc4)CC3)c2)c(-c2ccc(Cl)cc2)n1C(C)C. The molecule has 0 bridgehead atoms. The van der Waals surface area contributed by atoms with Crippen molar-refractivity contribution in [3.63, 3.8) is 0 Å². The molecule has 0 amide bonds. The van der Waals surface area contributed by atoms with Crippen LogP contribution in [-0.2, 0) is 19.9 Å². The van der Waals surface area contributed by atoms with E-state index in [0.717, 1.165) is 22.6 Å². The quantitative estimate of drug-likeness (QED) is 0.0508. The van der Waals surface area contributed by atoms with E-state index in [2.05, 4.69) is 10.0 Å². The maximum Gasteiger partial charge on any atom is 0.501 e. The Labute approximate surface area is 401 Å². The highest BCUT2D eigenvalue weighted by Crippen LogP contribution is 2.43. The van der Waals surface area contributed by atoms with Crippen molar-refractivity contribution < 1.29 is 49.4 Å². The predicted molar refractivity (Wildman–Crippen MR) is 260 cm³/mol. The molecule has 1 saturated heterocycles. The minimum Gasteiger partial charge on any atom is -0.478 e. The summed E-state index contributed by atoms with van der Waals surface area (Å²) in [6.45, 7) is 7.11. The number of anilines is 4. The number of nitrogens with one attached hydrogen (secondary N) is 2. The summed E-state index contributed by atoms with van der Waals surface area (Å²) in [4.78, 5) is 15.7. The third-order valence-corrected chi connectivity index (χ3v) is 15.8. The zero-order valence-corrected chi connectivity index (χ0v) is 40.2. The van der Waals surface area contributed by atoms with Crippen molar-refractivity contribution in [3.05, 3.63) is 137 Å². The van der Waals surface area contributed by atoms with Gasteiger partial charge in [0.2, 0.25) is 0 Å². The fraction of sp³-hybridized carbons (Fsp3) is 0.271. The van der Waals surface area contributed by atoms with Gasteiger partial charge in [-0.15, -0.1) is 11.8 Å². The maximum absolute atomic E-state index is 15.6. The molecule has 360 valence electrons. The van der Waals surface area contributed by atoms with Crippen molar-refractivity contribution in [2.75, 3.05) is 58.4 Å². The van der Waals surface area contributed by atoms with Crippen LogP contribution in [0.15, 0.2) is 130 Å². The van der Waals surface area contributed by atoms with Crippen LogP contribution in [0.4, 0.5) is 40.3 Å². The normalized spacial score (nSPS) is 14.0. The van der Waals surface area contributed by atoms with E-state index in [9.17, 15) is 45.0 Å². The molecule has 1 aliphatic heterocycles. The van der Waals surface area contributed by atoms with Crippen molar-refractivity contribution in [2.24, 2.45) is 0 Å². The molecule has 2 heterocycles. The number of carbonyl (C=O) groups is 1. The van der Waals surface area contributed by atoms with E-state index >= 15 is 4.39 Å². The number of aliphatic hydroxyl groups is 1. The summed E-state index contributed by atoms with van der Waals surface area (Å²) in [6, 6.07) is 28.5. The molecule has 7 rings (SSSR count). The predicted octanol–water partition coefficient (Wildman–Crippen LogP) is 10.6. The number of benzene rings is 5. The smallest absolute Gasteiger partial charge is 0.478 e. The third-order valence-electron chi connectivity index (χ3n) is 11.5. The second-order valence-corrected chi connectivity index (χ2v) is 21.5. The maximum atomic E-state index is 15.6. The van der Waals surface area contributed by atoms with Crippen molar-refractivity contribution in [1.82, 2.24) is 4.57 Å². The van der Waals surface area contributed by atoms with Gasteiger partial charge < -0.3 is 29.9 Å². The number of carboxylic acids is 1. The van der Waals surface area contributed by atoms with Crippen LogP contribution in [0, 0.1) is 12.7 Å². The Morgan fingerprint density at radius 2 is 1.46 bits per heavy atom. The van der Waals surface area contributed by atoms with Gasteiger partial charge in [0, 0.05) is 88.9 Å². The summed E-state index contributed by atoms with van der Waals surface area (Å²) in [7, 11) is -10.7. The molecular formula is C48H48ClF4N5O7S3. The molecule has 0 saturated carbocycles. The summed E-state index contributed by atoms with van der Waals surface area (Å²) >= 11 is 7.55. The highest BCUT2D eigenvalue weighted by atomic mass is 35.5. The number of alkyl halides is 3. The molecule has 1 aliphatic rings. The van der Waals surface area contributed by atoms with E-state index in [1.807, 2.05) is 46.4 Å². The van der Waals surface area contributed by atoms with E-state index in [1.165, 1.54) is 36.0 Å². The fourth-order valence-electron chi connectivity index (χ4n) is 8.29. The van der Waals surface area contributed by atoms with Crippen LogP contribution >= 0.6 is 23.4 Å². The first kappa shape index (κ1) is 50.2. The minimum absolute atomic E-state index is 0.0586. The molecular weight excluding hydrogens is 966 g/mol. The molecule has 5 aromatic carbocycles. The molecule has 6 aromatic rings. The second-order valence-electron chi connectivity index (χ2n) is 16.4. The number of hydrogen-bond acceptors (Lipinski definition) is 10. The van der Waals surface area contributed by atoms with Gasteiger partial charge >= 0.3 is 11.5 Å². The van der Waals surface area contributed by atoms with Gasteiger partial charge in [-0.05, 0) is 123 Å². The van der Waals surface area contributed by atoms with E-state index in [4.69, 9.17) is 11.6 Å². The molecule has 20 heteroatoms. The van der Waals surface area contributed by atoms with Gasteiger partial charge in [-0.25, -0.2) is 26.0 Å². The number of aliphatic hydroxyl groups excluding tert-OH is 1. The number of piperazine rings is 1. The molecule has 1 atom stereocenters. The van der Waals surface area contributed by atoms with Crippen LogP contribution in [0.3, 0.4) is 0 Å². The first-order valence-electron chi connectivity index (χ1n) is 21.4. The van der Waals surface area contributed by atoms with Crippen LogP contribution in [0.5, 0.6) is 0 Å². The molecule has 0 spiro atoms. The number of hydrogen-bond donors (Lipinski definition) is 4. The summed E-state index contributed by atoms with van der Waals surface area (Å²) < 4.78 is 115. The average Bonchev–Trinajstić information content (AvgIpc) is 3.61. The Kier molecular flexibility index (Phi) is 15.1.